The Morgan fingerprint density at radius 2 is 2.33 bits per heavy atom. The third-order valence-electron chi connectivity index (χ3n) is 0.602. The first-order chi connectivity index (χ1) is 2.77. The summed E-state index contributed by atoms with van der Waals surface area (Å²) in [5.74, 6) is 0. The van der Waals surface area contributed by atoms with Crippen molar-refractivity contribution in [3.63, 3.8) is 0 Å². The molecule has 0 aliphatic carbocycles. The van der Waals surface area contributed by atoms with Crippen LogP contribution in [-0.4, -0.2) is 5.38 Å². The van der Waals surface area contributed by atoms with Gasteiger partial charge < -0.3 is 0 Å². The van der Waals surface area contributed by atoms with Crippen LogP contribution < -0.4 is 0 Å². The van der Waals surface area contributed by atoms with E-state index in [0.29, 0.717) is 0 Å². The molecule has 0 fully saturated rings. The van der Waals surface area contributed by atoms with E-state index in [0.717, 1.165) is 12.8 Å². The van der Waals surface area contributed by atoms with Crippen LogP contribution >= 0.6 is 11.6 Å². The smallest absolute Gasteiger partial charge is 0.0336 e. The minimum absolute atomic E-state index is 0.120. The SMILES string of the molecule is [CH2]C(Cl)CCC. The van der Waals surface area contributed by atoms with Gasteiger partial charge in [0.15, 0.2) is 0 Å². The van der Waals surface area contributed by atoms with Crippen LogP contribution in [0.3, 0.4) is 0 Å². The summed E-state index contributed by atoms with van der Waals surface area (Å²) in [5, 5.41) is 0.120. The van der Waals surface area contributed by atoms with Crippen molar-refractivity contribution >= 4 is 11.6 Å². The van der Waals surface area contributed by atoms with Crippen molar-refractivity contribution in [3.8, 4) is 0 Å². The van der Waals surface area contributed by atoms with Crippen molar-refractivity contribution in [1.29, 1.82) is 0 Å². The Morgan fingerprint density at radius 1 is 1.83 bits per heavy atom. The van der Waals surface area contributed by atoms with Crippen LogP contribution in [-0.2, 0) is 0 Å². The van der Waals surface area contributed by atoms with Crippen molar-refractivity contribution in [2.75, 3.05) is 0 Å². The zero-order valence-corrected chi connectivity index (χ0v) is 4.83. The van der Waals surface area contributed by atoms with Crippen molar-refractivity contribution in [3.05, 3.63) is 6.92 Å². The molecule has 0 heterocycles. The standard InChI is InChI=1S/C5H10Cl/c1-3-4-5(2)6/h5H,2-4H2,1H3. The van der Waals surface area contributed by atoms with Crippen LogP contribution in [0.4, 0.5) is 0 Å². The summed E-state index contributed by atoms with van der Waals surface area (Å²) in [6.45, 7) is 5.69. The molecule has 0 amide bonds. The van der Waals surface area contributed by atoms with Crippen molar-refractivity contribution in [2.24, 2.45) is 0 Å². The van der Waals surface area contributed by atoms with E-state index in [1.807, 2.05) is 0 Å². The van der Waals surface area contributed by atoms with Crippen LogP contribution in [0.2, 0.25) is 0 Å². The molecule has 37 valence electrons. The molecule has 0 rings (SSSR count). The first-order valence-electron chi connectivity index (χ1n) is 2.24. The van der Waals surface area contributed by atoms with Gasteiger partial charge in [-0.3, -0.25) is 0 Å². The summed E-state index contributed by atoms with van der Waals surface area (Å²) in [6.07, 6.45) is 2.17. The van der Waals surface area contributed by atoms with Gasteiger partial charge in [-0.1, -0.05) is 13.3 Å². The molecule has 1 heteroatoms. The maximum absolute atomic E-state index is 5.47. The monoisotopic (exact) mass is 105 g/mol. The summed E-state index contributed by atoms with van der Waals surface area (Å²) in [6, 6.07) is 0. The quantitative estimate of drug-likeness (QED) is 0.473. The average Bonchev–Trinajstić information content (AvgIpc) is 1.35. The van der Waals surface area contributed by atoms with E-state index in [4.69, 9.17) is 11.6 Å². The molecular formula is C5H10Cl. The highest BCUT2D eigenvalue weighted by molar-refractivity contribution is 6.21. The molecule has 0 aromatic rings. The van der Waals surface area contributed by atoms with Crippen molar-refractivity contribution < 1.29 is 0 Å². The average molecular weight is 106 g/mol. The summed E-state index contributed by atoms with van der Waals surface area (Å²) >= 11 is 5.47. The Bertz CT molecular complexity index is 25.1. The molecule has 1 atom stereocenters. The third kappa shape index (κ3) is 4.29. The molecule has 0 aliphatic rings. The van der Waals surface area contributed by atoms with Gasteiger partial charge in [-0.15, -0.1) is 11.6 Å². The lowest BCUT2D eigenvalue weighted by molar-refractivity contribution is 0.819. The fourth-order valence-electron chi connectivity index (χ4n) is 0.313. The van der Waals surface area contributed by atoms with Gasteiger partial charge in [-0.25, -0.2) is 0 Å². The Balaban J connectivity index is 2.63. The first kappa shape index (κ1) is 6.29. The van der Waals surface area contributed by atoms with E-state index >= 15 is 0 Å². The Hall–Kier alpha value is 0.290. The highest BCUT2D eigenvalue weighted by Gasteiger charge is 1.88. The molecule has 0 bridgehead atoms. The van der Waals surface area contributed by atoms with Crippen LogP contribution in [0.15, 0.2) is 0 Å². The topological polar surface area (TPSA) is 0 Å². The second kappa shape index (κ2) is 3.48. The van der Waals surface area contributed by atoms with E-state index < -0.39 is 0 Å². The van der Waals surface area contributed by atoms with Crippen LogP contribution in [0.1, 0.15) is 19.8 Å². The molecule has 1 unspecified atom stereocenters. The van der Waals surface area contributed by atoms with Gasteiger partial charge in [-0.2, -0.15) is 0 Å². The molecule has 0 aromatic carbocycles. The van der Waals surface area contributed by atoms with Crippen molar-refractivity contribution in [1.82, 2.24) is 0 Å². The zero-order valence-electron chi connectivity index (χ0n) is 4.08. The largest absolute Gasteiger partial charge is 0.123 e. The van der Waals surface area contributed by atoms with E-state index in [9.17, 15) is 0 Å². The predicted octanol–water partition coefficient (Wildman–Crippen LogP) is 2.23. The van der Waals surface area contributed by atoms with Crippen LogP contribution in [0, 0.1) is 6.92 Å². The summed E-state index contributed by atoms with van der Waals surface area (Å²) in [4.78, 5) is 0. The van der Waals surface area contributed by atoms with Gasteiger partial charge in [0.1, 0.15) is 0 Å². The van der Waals surface area contributed by atoms with Gasteiger partial charge >= 0.3 is 0 Å². The number of halogens is 1. The minimum atomic E-state index is 0.120. The van der Waals surface area contributed by atoms with Gasteiger partial charge in [0.05, 0.1) is 0 Å². The van der Waals surface area contributed by atoms with E-state index in [1.165, 1.54) is 0 Å². The maximum atomic E-state index is 5.47. The molecule has 6 heavy (non-hydrogen) atoms. The molecule has 0 aliphatic heterocycles. The summed E-state index contributed by atoms with van der Waals surface area (Å²) < 4.78 is 0. The van der Waals surface area contributed by atoms with E-state index in [2.05, 4.69) is 13.8 Å². The molecule has 0 nitrogen and oxygen atoms in total. The second-order valence-corrected chi connectivity index (χ2v) is 2.00. The van der Waals surface area contributed by atoms with E-state index in [-0.39, 0.29) is 5.38 Å². The van der Waals surface area contributed by atoms with Gasteiger partial charge in [0.2, 0.25) is 0 Å². The number of rotatable bonds is 2. The van der Waals surface area contributed by atoms with Gasteiger partial charge in [0.25, 0.3) is 0 Å². The Labute approximate surface area is 44.5 Å². The number of alkyl halides is 1. The highest BCUT2D eigenvalue weighted by atomic mass is 35.5. The lowest BCUT2D eigenvalue weighted by Gasteiger charge is -1.93. The molecule has 0 saturated heterocycles. The first-order valence-corrected chi connectivity index (χ1v) is 2.68. The third-order valence-corrected chi connectivity index (χ3v) is 0.820. The fraction of sp³-hybridized carbons (Fsp3) is 0.800. The highest BCUT2D eigenvalue weighted by Crippen LogP contribution is 2.00. The summed E-state index contributed by atoms with van der Waals surface area (Å²) in [5.41, 5.74) is 0. The molecule has 0 spiro atoms. The van der Waals surface area contributed by atoms with E-state index in [1.54, 1.807) is 0 Å². The maximum Gasteiger partial charge on any atom is 0.0336 e. The predicted molar refractivity (Wildman–Crippen MR) is 29.9 cm³/mol. The van der Waals surface area contributed by atoms with Crippen LogP contribution in [0.5, 0.6) is 0 Å². The zero-order chi connectivity index (χ0) is 4.99. The molecule has 0 N–H and O–H groups in total. The minimum Gasteiger partial charge on any atom is -0.123 e. The number of hydrogen-bond acceptors (Lipinski definition) is 0. The number of hydrogen-bond donors (Lipinski definition) is 0. The van der Waals surface area contributed by atoms with Crippen molar-refractivity contribution in [2.45, 2.75) is 25.1 Å². The summed E-state index contributed by atoms with van der Waals surface area (Å²) in [7, 11) is 0. The normalized spacial score (nSPS) is 14.5. The van der Waals surface area contributed by atoms with Gasteiger partial charge in [-0.05, 0) is 13.3 Å². The molecule has 0 saturated carbocycles. The fourth-order valence-corrected chi connectivity index (χ4v) is 0.531. The lowest BCUT2D eigenvalue weighted by Crippen LogP contribution is -1.86. The van der Waals surface area contributed by atoms with Gasteiger partial charge in [0, 0.05) is 5.38 Å². The van der Waals surface area contributed by atoms with Crippen LogP contribution in [0.25, 0.3) is 0 Å². The Kier molecular flexibility index (Phi) is 3.65. The lowest BCUT2D eigenvalue weighted by atomic mass is 10.3. The second-order valence-electron chi connectivity index (χ2n) is 1.39. The Morgan fingerprint density at radius 3 is 2.33 bits per heavy atom. The molecule has 0 aromatic heterocycles. The molecule has 1 radical (unpaired) electrons. The molecular weight excluding hydrogens is 95.5 g/mol.